The SMILES string of the molecule is O=C(C1CCN(S(=O)(=O)c2ccc(Cl)cc2)CC1)N(CCCN1CCOCC1)c1nc2c(Cl)cccc2s1. The van der Waals surface area contributed by atoms with Crippen LogP contribution in [0.4, 0.5) is 5.13 Å². The summed E-state index contributed by atoms with van der Waals surface area (Å²) < 4.78 is 34.0. The highest BCUT2D eigenvalue weighted by molar-refractivity contribution is 7.89. The summed E-state index contributed by atoms with van der Waals surface area (Å²) in [5.74, 6) is -0.289. The molecule has 8 nitrogen and oxygen atoms in total. The highest BCUT2D eigenvalue weighted by Gasteiger charge is 2.35. The van der Waals surface area contributed by atoms with E-state index in [0.717, 1.165) is 44.0 Å². The van der Waals surface area contributed by atoms with E-state index in [1.807, 2.05) is 12.1 Å². The van der Waals surface area contributed by atoms with Gasteiger partial charge in [0.15, 0.2) is 5.13 Å². The Morgan fingerprint density at radius 2 is 1.76 bits per heavy atom. The molecule has 0 aliphatic carbocycles. The number of rotatable bonds is 8. The molecular weight excluding hydrogens is 567 g/mol. The largest absolute Gasteiger partial charge is 0.379 e. The van der Waals surface area contributed by atoms with Crippen LogP contribution in [0.1, 0.15) is 19.3 Å². The van der Waals surface area contributed by atoms with Crippen molar-refractivity contribution in [2.24, 2.45) is 5.92 Å². The van der Waals surface area contributed by atoms with Crippen LogP contribution in [0.2, 0.25) is 10.0 Å². The number of carbonyl (C=O) groups is 1. The third kappa shape index (κ3) is 6.17. The van der Waals surface area contributed by atoms with Gasteiger partial charge >= 0.3 is 0 Å². The van der Waals surface area contributed by atoms with Gasteiger partial charge in [-0.15, -0.1) is 0 Å². The van der Waals surface area contributed by atoms with Crippen molar-refractivity contribution >= 4 is 65.8 Å². The third-order valence-corrected chi connectivity index (χ3v) is 10.6. The molecule has 0 spiro atoms. The monoisotopic (exact) mass is 596 g/mol. The molecule has 1 amide bonds. The van der Waals surface area contributed by atoms with E-state index in [4.69, 9.17) is 32.9 Å². The zero-order valence-corrected chi connectivity index (χ0v) is 24.0. The van der Waals surface area contributed by atoms with Crippen molar-refractivity contribution in [3.05, 3.63) is 52.5 Å². The molecular formula is C26H30Cl2N4O4S2. The number of hydrogen-bond donors (Lipinski definition) is 0. The second-order valence-corrected chi connectivity index (χ2v) is 13.3. The zero-order chi connectivity index (χ0) is 26.7. The second kappa shape index (κ2) is 12.2. The van der Waals surface area contributed by atoms with Crippen LogP contribution in [0, 0.1) is 5.92 Å². The number of benzene rings is 2. The first-order valence-corrected chi connectivity index (χ1v) is 15.8. The third-order valence-electron chi connectivity index (χ3n) is 7.07. The van der Waals surface area contributed by atoms with Crippen LogP contribution < -0.4 is 4.90 Å². The molecule has 3 aromatic rings. The average molecular weight is 598 g/mol. The second-order valence-electron chi connectivity index (χ2n) is 9.51. The van der Waals surface area contributed by atoms with Crippen LogP contribution in [0.15, 0.2) is 47.4 Å². The summed E-state index contributed by atoms with van der Waals surface area (Å²) >= 11 is 13.8. The van der Waals surface area contributed by atoms with Crippen molar-refractivity contribution in [3.8, 4) is 0 Å². The summed E-state index contributed by atoms with van der Waals surface area (Å²) in [4.78, 5) is 22.9. The van der Waals surface area contributed by atoms with E-state index >= 15 is 0 Å². The first kappa shape index (κ1) is 27.8. The number of halogens is 2. The Balaban J connectivity index is 1.29. The Morgan fingerprint density at radius 3 is 2.45 bits per heavy atom. The lowest BCUT2D eigenvalue weighted by Crippen LogP contribution is -2.45. The minimum atomic E-state index is -3.64. The van der Waals surface area contributed by atoms with Gasteiger partial charge in [0.2, 0.25) is 15.9 Å². The number of hydrogen-bond acceptors (Lipinski definition) is 7. The van der Waals surface area contributed by atoms with Crippen molar-refractivity contribution in [1.82, 2.24) is 14.2 Å². The van der Waals surface area contributed by atoms with Crippen molar-refractivity contribution in [1.29, 1.82) is 0 Å². The van der Waals surface area contributed by atoms with Crippen LogP contribution in [-0.2, 0) is 19.6 Å². The Kier molecular flexibility index (Phi) is 8.89. The fourth-order valence-electron chi connectivity index (χ4n) is 4.92. The van der Waals surface area contributed by atoms with E-state index in [0.29, 0.717) is 40.1 Å². The minimum absolute atomic E-state index is 0.00861. The number of fused-ring (bicyclic) bond motifs is 1. The van der Waals surface area contributed by atoms with Crippen LogP contribution in [0.5, 0.6) is 0 Å². The lowest BCUT2D eigenvalue weighted by atomic mass is 9.96. The van der Waals surface area contributed by atoms with Crippen LogP contribution in [-0.4, -0.2) is 81.0 Å². The number of thiazole rings is 1. The number of para-hydroxylation sites is 1. The maximum absolute atomic E-state index is 13.8. The number of morpholine rings is 1. The molecule has 12 heteroatoms. The van der Waals surface area contributed by atoms with Gasteiger partial charge in [0.25, 0.3) is 0 Å². The van der Waals surface area contributed by atoms with E-state index in [2.05, 4.69) is 4.90 Å². The molecule has 0 radical (unpaired) electrons. The normalized spacial score (nSPS) is 18.2. The first-order chi connectivity index (χ1) is 18.3. The lowest BCUT2D eigenvalue weighted by molar-refractivity contribution is -0.123. The summed E-state index contributed by atoms with van der Waals surface area (Å²) in [6.07, 6.45) is 1.72. The maximum atomic E-state index is 13.8. The quantitative estimate of drug-likeness (QED) is 0.373. The van der Waals surface area contributed by atoms with Crippen LogP contribution in [0.3, 0.4) is 0 Å². The first-order valence-electron chi connectivity index (χ1n) is 12.8. The molecule has 0 unspecified atom stereocenters. The van der Waals surface area contributed by atoms with Gasteiger partial charge in [0.05, 0.1) is 27.8 Å². The Bertz CT molecular complexity index is 1370. The van der Waals surface area contributed by atoms with E-state index in [9.17, 15) is 13.2 Å². The summed E-state index contributed by atoms with van der Waals surface area (Å²) in [6.45, 7) is 5.24. The Morgan fingerprint density at radius 1 is 1.05 bits per heavy atom. The average Bonchev–Trinajstić information content (AvgIpc) is 3.37. The van der Waals surface area contributed by atoms with Gasteiger partial charge in [0, 0.05) is 50.2 Å². The zero-order valence-electron chi connectivity index (χ0n) is 20.9. The number of nitrogens with zero attached hydrogens (tertiary/aromatic N) is 4. The van der Waals surface area contributed by atoms with E-state index < -0.39 is 10.0 Å². The maximum Gasteiger partial charge on any atom is 0.243 e. The van der Waals surface area contributed by atoms with Crippen LogP contribution >= 0.6 is 34.5 Å². The minimum Gasteiger partial charge on any atom is -0.379 e. The van der Waals surface area contributed by atoms with E-state index in [1.54, 1.807) is 23.1 Å². The number of carbonyl (C=O) groups excluding carboxylic acids is 1. The summed E-state index contributed by atoms with van der Waals surface area (Å²) in [5.41, 5.74) is 0.698. The smallest absolute Gasteiger partial charge is 0.243 e. The van der Waals surface area contributed by atoms with Gasteiger partial charge in [-0.1, -0.05) is 40.6 Å². The molecule has 3 heterocycles. The molecule has 0 N–H and O–H groups in total. The fourth-order valence-corrected chi connectivity index (χ4v) is 7.81. The summed E-state index contributed by atoms with van der Waals surface area (Å²) in [6, 6.07) is 11.8. The van der Waals surface area contributed by atoms with Crippen molar-refractivity contribution in [2.45, 2.75) is 24.2 Å². The van der Waals surface area contributed by atoms with E-state index in [-0.39, 0.29) is 29.8 Å². The molecule has 5 rings (SSSR count). The topological polar surface area (TPSA) is 83.1 Å². The van der Waals surface area contributed by atoms with Gasteiger partial charge in [-0.3, -0.25) is 14.6 Å². The van der Waals surface area contributed by atoms with Gasteiger partial charge in [-0.2, -0.15) is 4.31 Å². The van der Waals surface area contributed by atoms with Gasteiger partial charge in [-0.05, 0) is 55.7 Å². The molecule has 204 valence electrons. The number of aromatic nitrogens is 1. The Hall–Kier alpha value is -1.79. The molecule has 38 heavy (non-hydrogen) atoms. The van der Waals surface area contributed by atoms with E-state index in [1.165, 1.54) is 27.8 Å². The number of sulfonamides is 1. The molecule has 1 aromatic heterocycles. The number of amides is 1. The number of anilines is 1. The Labute approximate surface area is 237 Å². The van der Waals surface area contributed by atoms with Crippen LogP contribution in [0.25, 0.3) is 10.2 Å². The fraction of sp³-hybridized carbons (Fsp3) is 0.462. The lowest BCUT2D eigenvalue weighted by Gasteiger charge is -2.33. The molecule has 2 aliphatic rings. The number of piperidine rings is 1. The summed E-state index contributed by atoms with van der Waals surface area (Å²) in [7, 11) is -3.64. The number of ether oxygens (including phenoxy) is 1. The molecule has 2 saturated heterocycles. The predicted molar refractivity (Wildman–Crippen MR) is 152 cm³/mol. The summed E-state index contributed by atoms with van der Waals surface area (Å²) in [5, 5.41) is 1.68. The standard InChI is InChI=1S/C26H30Cl2N4O4S2/c27-20-5-7-21(8-6-20)38(34,35)31-13-9-19(10-14-31)25(33)32(12-2-11-30-15-17-36-18-16-30)26-29-24-22(28)3-1-4-23(24)37-26/h1,3-8,19H,2,9-18H2. The van der Waals surface area contributed by atoms with Crippen molar-refractivity contribution < 1.29 is 17.9 Å². The molecule has 0 atom stereocenters. The molecule has 2 aromatic carbocycles. The highest BCUT2D eigenvalue weighted by atomic mass is 35.5. The van der Waals surface area contributed by atoms with Gasteiger partial charge < -0.3 is 4.74 Å². The van der Waals surface area contributed by atoms with Gasteiger partial charge in [0.1, 0.15) is 5.52 Å². The van der Waals surface area contributed by atoms with Crippen molar-refractivity contribution in [2.75, 3.05) is 57.4 Å². The highest BCUT2D eigenvalue weighted by Crippen LogP contribution is 2.35. The molecule has 2 fully saturated rings. The van der Waals surface area contributed by atoms with Crippen molar-refractivity contribution in [3.63, 3.8) is 0 Å². The molecule has 0 bridgehead atoms. The molecule has 0 saturated carbocycles. The van der Waals surface area contributed by atoms with Gasteiger partial charge in [-0.25, -0.2) is 13.4 Å². The predicted octanol–water partition coefficient (Wildman–Crippen LogP) is 4.76. The molecule has 2 aliphatic heterocycles.